The summed E-state index contributed by atoms with van der Waals surface area (Å²) in [6.07, 6.45) is 0. The highest BCUT2D eigenvalue weighted by molar-refractivity contribution is 5.89. The second kappa shape index (κ2) is 6.67. The third-order valence-electron chi connectivity index (χ3n) is 3.44. The number of hydrogen-bond donors (Lipinski definition) is 1. The standard InChI is InChI=1S/C17H16N2O5/c1-10-7-14(11(2)23-10)16-19-18-15(24-16)9-22-17(21)13-5-3-12(8-20)4-6-13/h3-7,20H,8-9H2,1-2H3. The van der Waals surface area contributed by atoms with E-state index in [1.165, 1.54) is 0 Å². The summed E-state index contributed by atoms with van der Waals surface area (Å²) in [6, 6.07) is 8.30. The van der Waals surface area contributed by atoms with Gasteiger partial charge >= 0.3 is 5.97 Å². The number of aryl methyl sites for hydroxylation is 2. The molecule has 0 aliphatic rings. The Hall–Kier alpha value is -2.93. The van der Waals surface area contributed by atoms with Crippen molar-refractivity contribution in [2.45, 2.75) is 27.1 Å². The predicted octanol–water partition coefficient (Wildman–Crippen LogP) is 2.80. The van der Waals surface area contributed by atoms with Crippen LogP contribution in [0.2, 0.25) is 0 Å². The Morgan fingerprint density at radius 1 is 1.17 bits per heavy atom. The molecule has 1 N–H and O–H groups in total. The highest BCUT2D eigenvalue weighted by atomic mass is 16.5. The van der Waals surface area contributed by atoms with Gasteiger partial charge in [-0.2, -0.15) is 0 Å². The first-order chi connectivity index (χ1) is 11.6. The molecule has 7 heteroatoms. The number of ether oxygens (including phenoxy) is 1. The zero-order valence-corrected chi connectivity index (χ0v) is 13.3. The van der Waals surface area contributed by atoms with Crippen LogP contribution in [0.1, 0.15) is 33.3 Å². The maximum Gasteiger partial charge on any atom is 0.338 e. The van der Waals surface area contributed by atoms with E-state index in [1.54, 1.807) is 30.3 Å². The van der Waals surface area contributed by atoms with Crippen molar-refractivity contribution < 1.29 is 23.5 Å². The Balaban J connectivity index is 1.64. The number of carbonyl (C=O) groups is 1. The molecule has 7 nitrogen and oxygen atoms in total. The average Bonchev–Trinajstić information content (AvgIpc) is 3.18. The summed E-state index contributed by atoms with van der Waals surface area (Å²) in [5, 5.41) is 16.8. The molecule has 0 spiro atoms. The molecule has 0 bridgehead atoms. The first kappa shape index (κ1) is 15.9. The van der Waals surface area contributed by atoms with Gasteiger partial charge in [0.05, 0.1) is 17.7 Å². The van der Waals surface area contributed by atoms with E-state index in [-0.39, 0.29) is 19.1 Å². The molecule has 3 aromatic rings. The molecule has 0 aliphatic heterocycles. The summed E-state index contributed by atoms with van der Waals surface area (Å²) in [7, 11) is 0. The molecule has 1 aromatic carbocycles. The van der Waals surface area contributed by atoms with Crippen LogP contribution in [0.5, 0.6) is 0 Å². The first-order valence-corrected chi connectivity index (χ1v) is 7.33. The second-order valence-corrected chi connectivity index (χ2v) is 5.26. The van der Waals surface area contributed by atoms with Gasteiger partial charge in [-0.1, -0.05) is 12.1 Å². The van der Waals surface area contributed by atoms with Crippen LogP contribution in [0.25, 0.3) is 11.5 Å². The van der Waals surface area contributed by atoms with E-state index >= 15 is 0 Å². The van der Waals surface area contributed by atoms with Gasteiger partial charge in [-0.05, 0) is 37.6 Å². The molecule has 0 aliphatic carbocycles. The van der Waals surface area contributed by atoms with E-state index in [0.717, 1.165) is 16.9 Å². The Labute approximate surface area is 137 Å². The van der Waals surface area contributed by atoms with Gasteiger partial charge < -0.3 is 18.7 Å². The number of rotatable bonds is 5. The van der Waals surface area contributed by atoms with Crippen molar-refractivity contribution in [1.29, 1.82) is 0 Å². The molecule has 2 heterocycles. The van der Waals surface area contributed by atoms with Crippen LogP contribution in [0.15, 0.2) is 39.2 Å². The molecule has 0 amide bonds. The molecule has 0 fully saturated rings. The lowest BCUT2D eigenvalue weighted by Gasteiger charge is -2.02. The number of aliphatic hydroxyl groups is 1. The lowest BCUT2D eigenvalue weighted by Crippen LogP contribution is -2.05. The molecule has 0 saturated heterocycles. The van der Waals surface area contributed by atoms with Gasteiger partial charge in [0.15, 0.2) is 6.61 Å². The number of aromatic nitrogens is 2. The van der Waals surface area contributed by atoms with Gasteiger partial charge in [0.1, 0.15) is 11.5 Å². The summed E-state index contributed by atoms with van der Waals surface area (Å²) in [5.41, 5.74) is 1.82. The number of benzene rings is 1. The number of carbonyl (C=O) groups excluding carboxylic acids is 1. The first-order valence-electron chi connectivity index (χ1n) is 7.33. The van der Waals surface area contributed by atoms with Gasteiger partial charge in [0.25, 0.3) is 11.8 Å². The highest BCUT2D eigenvalue weighted by Gasteiger charge is 2.16. The highest BCUT2D eigenvalue weighted by Crippen LogP contribution is 2.25. The summed E-state index contributed by atoms with van der Waals surface area (Å²) < 4.78 is 16.1. The molecule has 0 unspecified atom stereocenters. The lowest BCUT2D eigenvalue weighted by molar-refractivity contribution is 0.0438. The lowest BCUT2D eigenvalue weighted by atomic mass is 10.1. The van der Waals surface area contributed by atoms with Gasteiger partial charge in [0, 0.05) is 0 Å². The zero-order chi connectivity index (χ0) is 17.1. The number of nitrogens with zero attached hydrogens (tertiary/aromatic N) is 2. The average molecular weight is 328 g/mol. The van der Waals surface area contributed by atoms with Crippen LogP contribution < -0.4 is 0 Å². The topological polar surface area (TPSA) is 98.6 Å². The minimum absolute atomic E-state index is 0.0764. The molecule has 0 radical (unpaired) electrons. The SMILES string of the molecule is Cc1cc(-c2nnc(COC(=O)c3ccc(CO)cc3)o2)c(C)o1. The van der Waals surface area contributed by atoms with Crippen LogP contribution >= 0.6 is 0 Å². The molecule has 0 saturated carbocycles. The van der Waals surface area contributed by atoms with Gasteiger partial charge in [-0.3, -0.25) is 0 Å². The van der Waals surface area contributed by atoms with Crippen LogP contribution in [-0.4, -0.2) is 21.3 Å². The van der Waals surface area contributed by atoms with E-state index < -0.39 is 5.97 Å². The Morgan fingerprint density at radius 3 is 2.54 bits per heavy atom. The van der Waals surface area contributed by atoms with E-state index in [2.05, 4.69) is 10.2 Å². The molecule has 24 heavy (non-hydrogen) atoms. The normalized spacial score (nSPS) is 10.8. The third-order valence-corrected chi connectivity index (χ3v) is 3.44. The maximum absolute atomic E-state index is 12.0. The number of aliphatic hydroxyl groups excluding tert-OH is 1. The zero-order valence-electron chi connectivity index (χ0n) is 13.3. The van der Waals surface area contributed by atoms with Gasteiger partial charge in [-0.25, -0.2) is 4.79 Å². The Morgan fingerprint density at radius 2 is 1.92 bits per heavy atom. The molecule has 124 valence electrons. The molecular formula is C17H16N2O5. The van der Waals surface area contributed by atoms with Crippen LogP contribution in [0.3, 0.4) is 0 Å². The van der Waals surface area contributed by atoms with Crippen molar-refractivity contribution in [3.05, 3.63) is 58.9 Å². The van der Waals surface area contributed by atoms with E-state index in [9.17, 15) is 4.79 Å². The summed E-state index contributed by atoms with van der Waals surface area (Å²) in [6.45, 7) is 3.44. The number of esters is 1. The van der Waals surface area contributed by atoms with Crippen LogP contribution in [0.4, 0.5) is 0 Å². The van der Waals surface area contributed by atoms with E-state index in [0.29, 0.717) is 17.2 Å². The molecule has 0 atom stereocenters. The summed E-state index contributed by atoms with van der Waals surface area (Å²) in [5.74, 6) is 1.45. The number of hydrogen-bond acceptors (Lipinski definition) is 7. The minimum Gasteiger partial charge on any atom is -0.466 e. The van der Waals surface area contributed by atoms with Crippen LogP contribution in [-0.2, 0) is 18.0 Å². The minimum atomic E-state index is -0.505. The summed E-state index contributed by atoms with van der Waals surface area (Å²) in [4.78, 5) is 12.0. The molecule has 2 aromatic heterocycles. The Kier molecular flexibility index (Phi) is 4.43. The second-order valence-electron chi connectivity index (χ2n) is 5.26. The van der Waals surface area contributed by atoms with E-state index in [1.807, 2.05) is 13.8 Å². The fraction of sp³-hybridized carbons (Fsp3) is 0.235. The molecule has 3 rings (SSSR count). The van der Waals surface area contributed by atoms with Crippen molar-refractivity contribution >= 4 is 5.97 Å². The van der Waals surface area contributed by atoms with Crippen molar-refractivity contribution in [3.63, 3.8) is 0 Å². The van der Waals surface area contributed by atoms with E-state index in [4.69, 9.17) is 18.7 Å². The smallest absolute Gasteiger partial charge is 0.338 e. The Bertz CT molecular complexity index is 848. The van der Waals surface area contributed by atoms with Crippen molar-refractivity contribution in [3.8, 4) is 11.5 Å². The molecular weight excluding hydrogens is 312 g/mol. The van der Waals surface area contributed by atoms with Crippen molar-refractivity contribution in [2.75, 3.05) is 0 Å². The monoisotopic (exact) mass is 328 g/mol. The predicted molar refractivity (Wildman–Crippen MR) is 83.0 cm³/mol. The quantitative estimate of drug-likeness (QED) is 0.719. The maximum atomic E-state index is 12.0. The summed E-state index contributed by atoms with van der Waals surface area (Å²) >= 11 is 0. The van der Waals surface area contributed by atoms with Crippen molar-refractivity contribution in [2.24, 2.45) is 0 Å². The van der Waals surface area contributed by atoms with Gasteiger partial charge in [-0.15, -0.1) is 10.2 Å². The fourth-order valence-corrected chi connectivity index (χ4v) is 2.22. The van der Waals surface area contributed by atoms with Gasteiger partial charge in [0.2, 0.25) is 0 Å². The van der Waals surface area contributed by atoms with Crippen LogP contribution in [0, 0.1) is 13.8 Å². The van der Waals surface area contributed by atoms with Crippen molar-refractivity contribution in [1.82, 2.24) is 10.2 Å². The fourth-order valence-electron chi connectivity index (χ4n) is 2.22. The largest absolute Gasteiger partial charge is 0.466 e. The number of furan rings is 1. The third kappa shape index (κ3) is 3.36.